The zero-order valence-electron chi connectivity index (χ0n) is 17.3. The Balaban J connectivity index is 1.56. The fourth-order valence-corrected chi connectivity index (χ4v) is 3.63. The van der Waals surface area contributed by atoms with Crippen molar-refractivity contribution >= 4 is 11.0 Å². The molecular formula is C25H26N2O3. The highest BCUT2D eigenvalue weighted by atomic mass is 16.5. The van der Waals surface area contributed by atoms with E-state index in [0.29, 0.717) is 24.5 Å². The number of hydrogen-bond acceptors (Lipinski definition) is 4. The van der Waals surface area contributed by atoms with Crippen LogP contribution in [0.2, 0.25) is 0 Å². The lowest BCUT2D eigenvalue weighted by Crippen LogP contribution is -2.24. The number of para-hydroxylation sites is 4. The normalized spacial score (nSPS) is 12.1. The van der Waals surface area contributed by atoms with Crippen LogP contribution >= 0.6 is 0 Å². The lowest BCUT2D eigenvalue weighted by atomic mass is 10.1. The van der Waals surface area contributed by atoms with Crippen molar-refractivity contribution in [2.75, 3.05) is 13.7 Å². The van der Waals surface area contributed by atoms with Gasteiger partial charge in [-0.05, 0) is 42.3 Å². The number of benzene rings is 3. The van der Waals surface area contributed by atoms with Crippen molar-refractivity contribution in [2.24, 2.45) is 0 Å². The molecular weight excluding hydrogens is 376 g/mol. The average Bonchev–Trinajstić information content (AvgIpc) is 3.11. The van der Waals surface area contributed by atoms with E-state index in [9.17, 15) is 5.11 Å². The number of aryl methyl sites for hydroxylation is 1. The summed E-state index contributed by atoms with van der Waals surface area (Å²) in [6.07, 6.45) is 0.0182. The standard InChI is InChI=1S/C25H26N2O3/c1-18-9-3-4-10-19(18)15-25-26-21-11-5-6-12-22(21)27(25)16-20(28)17-30-24-14-8-7-13-23(24)29-2/h3-14,20,28H,15-17H2,1-2H3. The summed E-state index contributed by atoms with van der Waals surface area (Å²) in [5.41, 5.74) is 4.40. The first kappa shape index (κ1) is 20.0. The second-order valence-corrected chi connectivity index (χ2v) is 7.35. The second kappa shape index (κ2) is 9.01. The van der Waals surface area contributed by atoms with Gasteiger partial charge in [-0.3, -0.25) is 0 Å². The maximum atomic E-state index is 10.7. The minimum atomic E-state index is -0.692. The summed E-state index contributed by atoms with van der Waals surface area (Å²) in [6.45, 7) is 2.67. The van der Waals surface area contributed by atoms with Crippen LogP contribution in [0.25, 0.3) is 11.0 Å². The highest BCUT2D eigenvalue weighted by Gasteiger charge is 2.16. The Morgan fingerprint density at radius 2 is 1.63 bits per heavy atom. The van der Waals surface area contributed by atoms with Crippen molar-refractivity contribution < 1.29 is 14.6 Å². The molecule has 1 N–H and O–H groups in total. The molecule has 0 bridgehead atoms. The number of aliphatic hydroxyl groups is 1. The molecule has 0 aliphatic rings. The zero-order chi connectivity index (χ0) is 20.9. The first-order valence-electron chi connectivity index (χ1n) is 10.1. The summed E-state index contributed by atoms with van der Waals surface area (Å²) in [5, 5.41) is 10.7. The van der Waals surface area contributed by atoms with Crippen LogP contribution in [-0.2, 0) is 13.0 Å². The number of methoxy groups -OCH3 is 1. The maximum absolute atomic E-state index is 10.7. The van der Waals surface area contributed by atoms with E-state index in [1.165, 1.54) is 11.1 Å². The van der Waals surface area contributed by atoms with Gasteiger partial charge in [-0.15, -0.1) is 0 Å². The first-order chi connectivity index (χ1) is 14.7. The Morgan fingerprint density at radius 3 is 2.43 bits per heavy atom. The Hall–Kier alpha value is -3.31. The number of rotatable bonds is 8. The van der Waals surface area contributed by atoms with Gasteiger partial charge in [0.15, 0.2) is 11.5 Å². The smallest absolute Gasteiger partial charge is 0.161 e. The summed E-state index contributed by atoms with van der Waals surface area (Å²) < 4.78 is 13.2. The molecule has 5 nitrogen and oxygen atoms in total. The van der Waals surface area contributed by atoms with E-state index in [-0.39, 0.29) is 6.61 Å². The van der Waals surface area contributed by atoms with E-state index in [2.05, 4.69) is 23.6 Å². The molecule has 30 heavy (non-hydrogen) atoms. The Kier molecular flexibility index (Phi) is 6.00. The summed E-state index contributed by atoms with van der Waals surface area (Å²) in [4.78, 5) is 4.84. The topological polar surface area (TPSA) is 56.5 Å². The molecule has 0 aliphatic carbocycles. The number of hydrogen-bond donors (Lipinski definition) is 1. The maximum Gasteiger partial charge on any atom is 0.161 e. The van der Waals surface area contributed by atoms with Crippen molar-refractivity contribution in [1.82, 2.24) is 9.55 Å². The van der Waals surface area contributed by atoms with Crippen LogP contribution in [0.1, 0.15) is 17.0 Å². The van der Waals surface area contributed by atoms with Gasteiger partial charge in [-0.1, -0.05) is 48.5 Å². The molecule has 3 aromatic carbocycles. The summed E-state index contributed by atoms with van der Waals surface area (Å²) in [6, 6.07) is 23.8. The molecule has 154 valence electrons. The minimum absolute atomic E-state index is 0.163. The fraction of sp³-hybridized carbons (Fsp3) is 0.240. The zero-order valence-corrected chi connectivity index (χ0v) is 17.3. The molecule has 0 aliphatic heterocycles. The fourth-order valence-electron chi connectivity index (χ4n) is 3.63. The van der Waals surface area contributed by atoms with Gasteiger partial charge in [0.2, 0.25) is 0 Å². The van der Waals surface area contributed by atoms with Gasteiger partial charge < -0.3 is 19.1 Å². The number of fused-ring (bicyclic) bond motifs is 1. The van der Waals surface area contributed by atoms with E-state index < -0.39 is 6.10 Å². The van der Waals surface area contributed by atoms with Gasteiger partial charge in [-0.2, -0.15) is 0 Å². The molecule has 4 aromatic rings. The molecule has 0 fully saturated rings. The monoisotopic (exact) mass is 402 g/mol. The predicted octanol–water partition coefficient (Wildman–Crippen LogP) is 4.38. The molecule has 1 heterocycles. The predicted molar refractivity (Wildman–Crippen MR) is 118 cm³/mol. The van der Waals surface area contributed by atoms with Crippen LogP contribution in [-0.4, -0.2) is 34.5 Å². The third-order valence-corrected chi connectivity index (χ3v) is 5.24. The van der Waals surface area contributed by atoms with Gasteiger partial charge in [0.25, 0.3) is 0 Å². The summed E-state index contributed by atoms with van der Waals surface area (Å²) in [7, 11) is 1.61. The third kappa shape index (κ3) is 4.31. The third-order valence-electron chi connectivity index (χ3n) is 5.24. The number of aliphatic hydroxyl groups excluding tert-OH is 1. The van der Waals surface area contributed by atoms with E-state index in [4.69, 9.17) is 14.5 Å². The number of ether oxygens (including phenoxy) is 2. The molecule has 5 heteroatoms. The first-order valence-corrected chi connectivity index (χ1v) is 10.1. The molecule has 1 atom stereocenters. The van der Waals surface area contributed by atoms with Crippen molar-refractivity contribution in [3.05, 3.63) is 89.7 Å². The summed E-state index contributed by atoms with van der Waals surface area (Å²) in [5.74, 6) is 2.20. The van der Waals surface area contributed by atoms with Crippen LogP contribution in [0.15, 0.2) is 72.8 Å². The molecule has 0 radical (unpaired) electrons. The minimum Gasteiger partial charge on any atom is -0.493 e. The molecule has 0 amide bonds. The number of nitrogens with zero attached hydrogens (tertiary/aromatic N) is 2. The lowest BCUT2D eigenvalue weighted by molar-refractivity contribution is 0.0913. The molecule has 0 saturated heterocycles. The van der Waals surface area contributed by atoms with Crippen molar-refractivity contribution in [1.29, 1.82) is 0 Å². The van der Waals surface area contributed by atoms with Crippen LogP contribution in [0.4, 0.5) is 0 Å². The van der Waals surface area contributed by atoms with Crippen molar-refractivity contribution in [2.45, 2.75) is 26.0 Å². The van der Waals surface area contributed by atoms with E-state index in [1.807, 2.05) is 60.7 Å². The lowest BCUT2D eigenvalue weighted by Gasteiger charge is -2.17. The van der Waals surface area contributed by atoms with Gasteiger partial charge in [0.1, 0.15) is 18.5 Å². The van der Waals surface area contributed by atoms with Crippen LogP contribution in [0.5, 0.6) is 11.5 Å². The van der Waals surface area contributed by atoms with Crippen molar-refractivity contribution in [3.8, 4) is 11.5 Å². The van der Waals surface area contributed by atoms with Gasteiger partial charge in [-0.25, -0.2) is 4.98 Å². The van der Waals surface area contributed by atoms with Gasteiger partial charge >= 0.3 is 0 Å². The quantitative estimate of drug-likeness (QED) is 0.475. The number of aromatic nitrogens is 2. The van der Waals surface area contributed by atoms with E-state index in [1.54, 1.807) is 7.11 Å². The highest BCUT2D eigenvalue weighted by Crippen LogP contribution is 2.26. The van der Waals surface area contributed by atoms with Crippen LogP contribution in [0, 0.1) is 6.92 Å². The Morgan fingerprint density at radius 1 is 0.933 bits per heavy atom. The molecule has 0 spiro atoms. The van der Waals surface area contributed by atoms with E-state index >= 15 is 0 Å². The SMILES string of the molecule is COc1ccccc1OCC(O)Cn1c(Cc2ccccc2C)nc2ccccc21. The number of imidazole rings is 1. The molecule has 4 rings (SSSR count). The van der Waals surface area contributed by atoms with Crippen LogP contribution < -0.4 is 9.47 Å². The highest BCUT2D eigenvalue weighted by molar-refractivity contribution is 5.76. The molecule has 0 saturated carbocycles. The van der Waals surface area contributed by atoms with Gasteiger partial charge in [0.05, 0.1) is 24.7 Å². The molecule has 1 unspecified atom stereocenters. The average molecular weight is 402 g/mol. The molecule has 1 aromatic heterocycles. The summed E-state index contributed by atoms with van der Waals surface area (Å²) >= 11 is 0. The van der Waals surface area contributed by atoms with Crippen LogP contribution in [0.3, 0.4) is 0 Å². The van der Waals surface area contributed by atoms with Gasteiger partial charge in [0, 0.05) is 6.42 Å². The van der Waals surface area contributed by atoms with E-state index in [0.717, 1.165) is 16.9 Å². The Labute approximate surface area is 176 Å². The largest absolute Gasteiger partial charge is 0.493 e. The Bertz CT molecular complexity index is 1140. The van der Waals surface area contributed by atoms with Crippen molar-refractivity contribution in [3.63, 3.8) is 0 Å². The second-order valence-electron chi connectivity index (χ2n) is 7.35.